The highest BCUT2D eigenvalue weighted by Gasteiger charge is 2.21. The molecule has 0 aromatic heterocycles. The van der Waals surface area contributed by atoms with Gasteiger partial charge in [0.2, 0.25) is 5.91 Å². The Morgan fingerprint density at radius 1 is 1.55 bits per heavy atom. The van der Waals surface area contributed by atoms with Gasteiger partial charge in [-0.1, -0.05) is 6.07 Å². The molecule has 1 aliphatic rings. The molecule has 110 valence electrons. The second-order valence-corrected chi connectivity index (χ2v) is 5.35. The minimum absolute atomic E-state index is 0.00925. The number of nitrogens with zero attached hydrogens (tertiary/aromatic N) is 1. The van der Waals surface area contributed by atoms with Crippen molar-refractivity contribution in [3.8, 4) is 0 Å². The Labute approximate surface area is 120 Å². The summed E-state index contributed by atoms with van der Waals surface area (Å²) in [4.78, 5) is 14.2. The summed E-state index contributed by atoms with van der Waals surface area (Å²) in [6.45, 7) is 4.11. The highest BCUT2D eigenvalue weighted by Crippen LogP contribution is 2.17. The number of nitrogens with two attached hydrogens (primary N) is 1. The maximum atomic E-state index is 12.0. The van der Waals surface area contributed by atoms with Gasteiger partial charge in [-0.3, -0.25) is 9.69 Å². The van der Waals surface area contributed by atoms with E-state index in [1.807, 2.05) is 19.1 Å². The summed E-state index contributed by atoms with van der Waals surface area (Å²) in [6.07, 6.45) is 2.39. The van der Waals surface area contributed by atoms with Crippen molar-refractivity contribution >= 4 is 17.3 Å². The lowest BCUT2D eigenvalue weighted by Crippen LogP contribution is -2.43. The SMILES string of the molecule is COC1CCCN(CC(=O)Nc2ccc(C)c(N)c2)C1. The fourth-order valence-corrected chi connectivity index (χ4v) is 2.47. The van der Waals surface area contributed by atoms with Crippen molar-refractivity contribution in [2.75, 3.05) is 37.8 Å². The Morgan fingerprint density at radius 2 is 2.35 bits per heavy atom. The zero-order valence-electron chi connectivity index (χ0n) is 12.2. The Bertz CT molecular complexity index is 476. The number of amides is 1. The molecular formula is C15H23N3O2. The van der Waals surface area contributed by atoms with Gasteiger partial charge < -0.3 is 15.8 Å². The molecule has 1 aliphatic heterocycles. The summed E-state index contributed by atoms with van der Waals surface area (Å²) < 4.78 is 5.36. The molecule has 0 aliphatic carbocycles. The first-order valence-corrected chi connectivity index (χ1v) is 6.99. The second kappa shape index (κ2) is 6.72. The van der Waals surface area contributed by atoms with E-state index in [9.17, 15) is 4.79 Å². The first kappa shape index (κ1) is 14.8. The van der Waals surface area contributed by atoms with Crippen molar-refractivity contribution in [3.63, 3.8) is 0 Å². The van der Waals surface area contributed by atoms with Crippen molar-refractivity contribution in [1.82, 2.24) is 4.90 Å². The maximum Gasteiger partial charge on any atom is 0.238 e. The molecule has 0 spiro atoms. The van der Waals surface area contributed by atoms with Crippen LogP contribution in [0.3, 0.4) is 0 Å². The number of anilines is 2. The van der Waals surface area contributed by atoms with Gasteiger partial charge in [0.1, 0.15) is 0 Å². The molecule has 1 saturated heterocycles. The number of ether oxygens (including phenoxy) is 1. The van der Waals surface area contributed by atoms with E-state index in [2.05, 4.69) is 10.2 Å². The van der Waals surface area contributed by atoms with Crippen LogP contribution in [0.2, 0.25) is 0 Å². The van der Waals surface area contributed by atoms with Gasteiger partial charge in [0.15, 0.2) is 0 Å². The van der Waals surface area contributed by atoms with Gasteiger partial charge >= 0.3 is 0 Å². The van der Waals surface area contributed by atoms with Crippen LogP contribution in [-0.4, -0.2) is 43.7 Å². The monoisotopic (exact) mass is 277 g/mol. The summed E-state index contributed by atoms with van der Waals surface area (Å²) in [6, 6.07) is 5.58. The number of rotatable bonds is 4. The molecule has 5 nitrogen and oxygen atoms in total. The first-order valence-electron chi connectivity index (χ1n) is 6.99. The van der Waals surface area contributed by atoms with Crippen LogP contribution in [0, 0.1) is 6.92 Å². The van der Waals surface area contributed by atoms with Crippen molar-refractivity contribution in [3.05, 3.63) is 23.8 Å². The first-order chi connectivity index (χ1) is 9.58. The zero-order valence-corrected chi connectivity index (χ0v) is 12.2. The lowest BCUT2D eigenvalue weighted by atomic mass is 10.1. The standard InChI is InChI=1S/C15H23N3O2/c1-11-5-6-12(8-14(11)16)17-15(19)10-18-7-3-4-13(9-18)20-2/h5-6,8,13H,3-4,7,9-10,16H2,1-2H3,(H,17,19). The van der Waals surface area contributed by atoms with Crippen molar-refractivity contribution in [2.24, 2.45) is 0 Å². The molecule has 1 unspecified atom stereocenters. The van der Waals surface area contributed by atoms with Crippen LogP contribution in [-0.2, 0) is 9.53 Å². The predicted molar refractivity (Wildman–Crippen MR) is 80.7 cm³/mol. The van der Waals surface area contributed by atoms with E-state index in [4.69, 9.17) is 10.5 Å². The summed E-state index contributed by atoms with van der Waals surface area (Å²) in [5, 5.41) is 2.89. The van der Waals surface area contributed by atoms with Crippen molar-refractivity contribution < 1.29 is 9.53 Å². The largest absolute Gasteiger partial charge is 0.398 e. The van der Waals surface area contributed by atoms with Crippen LogP contribution in [0.4, 0.5) is 11.4 Å². The Kier molecular flexibility index (Phi) is 4.98. The molecule has 1 aromatic carbocycles. The normalized spacial score (nSPS) is 19.8. The number of carbonyl (C=O) groups is 1. The molecule has 1 amide bonds. The lowest BCUT2D eigenvalue weighted by molar-refractivity contribution is -0.118. The van der Waals surface area contributed by atoms with E-state index in [0.717, 1.165) is 37.2 Å². The molecule has 1 fully saturated rings. The molecule has 0 radical (unpaired) electrons. The highest BCUT2D eigenvalue weighted by atomic mass is 16.5. The van der Waals surface area contributed by atoms with Gasteiger partial charge in [-0.05, 0) is 44.0 Å². The van der Waals surface area contributed by atoms with Gasteiger partial charge in [0, 0.05) is 25.0 Å². The third-order valence-corrected chi connectivity index (χ3v) is 3.73. The topological polar surface area (TPSA) is 67.6 Å². The van der Waals surface area contributed by atoms with E-state index in [-0.39, 0.29) is 12.0 Å². The van der Waals surface area contributed by atoms with E-state index < -0.39 is 0 Å². The number of benzene rings is 1. The number of nitrogens with one attached hydrogen (secondary N) is 1. The third-order valence-electron chi connectivity index (χ3n) is 3.73. The summed E-state index contributed by atoms with van der Waals surface area (Å²) in [7, 11) is 1.73. The minimum Gasteiger partial charge on any atom is -0.398 e. The fourth-order valence-electron chi connectivity index (χ4n) is 2.47. The van der Waals surface area contributed by atoms with Crippen LogP contribution in [0.15, 0.2) is 18.2 Å². The number of methoxy groups -OCH3 is 1. The quantitative estimate of drug-likeness (QED) is 0.821. The van der Waals surface area contributed by atoms with E-state index in [0.29, 0.717) is 12.2 Å². The van der Waals surface area contributed by atoms with Crippen molar-refractivity contribution in [2.45, 2.75) is 25.9 Å². The lowest BCUT2D eigenvalue weighted by Gasteiger charge is -2.31. The number of piperidine rings is 1. The van der Waals surface area contributed by atoms with Crippen LogP contribution in [0.25, 0.3) is 0 Å². The number of hydrogen-bond donors (Lipinski definition) is 2. The molecular weight excluding hydrogens is 254 g/mol. The Morgan fingerprint density at radius 3 is 3.05 bits per heavy atom. The van der Waals surface area contributed by atoms with Crippen LogP contribution < -0.4 is 11.1 Å². The fraction of sp³-hybridized carbons (Fsp3) is 0.533. The number of hydrogen-bond acceptors (Lipinski definition) is 4. The van der Waals surface area contributed by atoms with Crippen LogP contribution >= 0.6 is 0 Å². The van der Waals surface area contributed by atoms with Gasteiger partial charge in [0.25, 0.3) is 0 Å². The number of nitrogen functional groups attached to an aromatic ring is 1. The molecule has 1 heterocycles. The summed E-state index contributed by atoms with van der Waals surface area (Å²) >= 11 is 0. The van der Waals surface area contributed by atoms with E-state index in [1.165, 1.54) is 0 Å². The molecule has 5 heteroatoms. The van der Waals surface area contributed by atoms with Gasteiger partial charge in [-0.15, -0.1) is 0 Å². The Balaban J connectivity index is 1.87. The minimum atomic E-state index is -0.00925. The smallest absolute Gasteiger partial charge is 0.238 e. The molecule has 0 bridgehead atoms. The van der Waals surface area contributed by atoms with Crippen LogP contribution in [0.5, 0.6) is 0 Å². The molecule has 1 aromatic rings. The van der Waals surface area contributed by atoms with Gasteiger partial charge in [0.05, 0.1) is 12.6 Å². The zero-order chi connectivity index (χ0) is 14.5. The molecule has 0 saturated carbocycles. The highest BCUT2D eigenvalue weighted by molar-refractivity contribution is 5.92. The number of aryl methyl sites for hydroxylation is 1. The maximum absolute atomic E-state index is 12.0. The van der Waals surface area contributed by atoms with E-state index >= 15 is 0 Å². The molecule has 2 rings (SSSR count). The predicted octanol–water partition coefficient (Wildman–Crippen LogP) is 1.63. The third kappa shape index (κ3) is 3.95. The van der Waals surface area contributed by atoms with Gasteiger partial charge in [-0.25, -0.2) is 0 Å². The van der Waals surface area contributed by atoms with Crippen LogP contribution in [0.1, 0.15) is 18.4 Å². The molecule has 1 atom stereocenters. The van der Waals surface area contributed by atoms with E-state index in [1.54, 1.807) is 13.2 Å². The average Bonchev–Trinajstić information content (AvgIpc) is 2.43. The average molecular weight is 277 g/mol. The number of carbonyl (C=O) groups excluding carboxylic acids is 1. The van der Waals surface area contributed by atoms with Crippen molar-refractivity contribution in [1.29, 1.82) is 0 Å². The summed E-state index contributed by atoms with van der Waals surface area (Å²) in [5.74, 6) is -0.00925. The molecule has 3 N–H and O–H groups in total. The second-order valence-electron chi connectivity index (χ2n) is 5.35. The van der Waals surface area contributed by atoms with Gasteiger partial charge in [-0.2, -0.15) is 0 Å². The molecule has 20 heavy (non-hydrogen) atoms. The summed E-state index contributed by atoms with van der Waals surface area (Å²) in [5.41, 5.74) is 8.30. The Hall–Kier alpha value is -1.59. The number of likely N-dealkylation sites (tertiary alicyclic amines) is 1.